The lowest BCUT2D eigenvalue weighted by Gasteiger charge is -2.04. The van der Waals surface area contributed by atoms with E-state index in [0.29, 0.717) is 0 Å². The summed E-state index contributed by atoms with van der Waals surface area (Å²) in [7, 11) is 4.28. The molecule has 0 spiro atoms. The second kappa shape index (κ2) is 9.54. The van der Waals surface area contributed by atoms with Crippen LogP contribution in [0.5, 0.6) is 0 Å². The topological polar surface area (TPSA) is 17.6 Å². The van der Waals surface area contributed by atoms with Gasteiger partial charge in [-0.25, -0.2) is 18.3 Å². The van der Waals surface area contributed by atoms with Crippen LogP contribution < -0.4 is 9.13 Å². The number of benzene rings is 1. The highest BCUT2D eigenvalue weighted by atomic mass is 15.2. The van der Waals surface area contributed by atoms with Crippen molar-refractivity contribution in [3.8, 4) is 11.6 Å². The Labute approximate surface area is 163 Å². The van der Waals surface area contributed by atoms with E-state index in [-0.39, 0.29) is 0 Å². The minimum absolute atomic E-state index is 0.888. The van der Waals surface area contributed by atoms with Gasteiger partial charge in [0.15, 0.2) is 0 Å². The van der Waals surface area contributed by atoms with Gasteiger partial charge in [-0.3, -0.25) is 0 Å². The minimum Gasteiger partial charge on any atom is -0.226 e. The van der Waals surface area contributed by atoms with Crippen LogP contribution in [0.1, 0.15) is 51.0 Å². The van der Waals surface area contributed by atoms with Gasteiger partial charge in [-0.15, -0.1) is 0 Å². The first kappa shape index (κ1) is 19.4. The number of imidazole rings is 2. The number of unbranched alkanes of at least 4 members (excludes halogenated alkanes) is 5. The van der Waals surface area contributed by atoms with Crippen molar-refractivity contribution in [2.24, 2.45) is 14.1 Å². The van der Waals surface area contributed by atoms with Crippen LogP contribution in [0, 0.1) is 0 Å². The summed E-state index contributed by atoms with van der Waals surface area (Å²) < 4.78 is 9.24. The second-order valence-corrected chi connectivity index (χ2v) is 7.54. The Morgan fingerprint density at radius 3 is 2.04 bits per heavy atom. The lowest BCUT2D eigenvalue weighted by molar-refractivity contribution is -0.690. The summed E-state index contributed by atoms with van der Waals surface area (Å²) in [6, 6.07) is 10.7. The molecule has 0 aliphatic heterocycles. The fourth-order valence-electron chi connectivity index (χ4n) is 3.77. The molecule has 0 radical (unpaired) electrons. The van der Waals surface area contributed by atoms with Crippen LogP contribution in [-0.2, 0) is 27.2 Å². The molecule has 0 atom stereocenters. The molecule has 0 N–H and O–H groups in total. The van der Waals surface area contributed by atoms with Crippen molar-refractivity contribution in [3.63, 3.8) is 0 Å². The summed E-state index contributed by atoms with van der Waals surface area (Å²) in [4.78, 5) is 0. The SMILES string of the molecule is CCCCCCCCn1cc[n+](C)c1-c1n(Cc2ccccc2)cc[n+]1C. The zero-order valence-corrected chi connectivity index (χ0v) is 17.1. The molecule has 0 aliphatic rings. The van der Waals surface area contributed by atoms with Crippen LogP contribution in [0.2, 0.25) is 0 Å². The van der Waals surface area contributed by atoms with Crippen molar-refractivity contribution < 1.29 is 9.13 Å². The number of aromatic nitrogens is 4. The lowest BCUT2D eigenvalue weighted by atomic mass is 10.1. The average Bonchev–Trinajstić information content (AvgIpc) is 3.21. The largest absolute Gasteiger partial charge is 0.373 e. The fraction of sp³-hybridized carbons (Fsp3) is 0.478. The third kappa shape index (κ3) is 4.88. The highest BCUT2D eigenvalue weighted by molar-refractivity contribution is 5.37. The van der Waals surface area contributed by atoms with E-state index in [9.17, 15) is 0 Å². The van der Waals surface area contributed by atoms with Crippen LogP contribution in [0.4, 0.5) is 0 Å². The van der Waals surface area contributed by atoms with Gasteiger partial charge in [0.25, 0.3) is 0 Å². The molecule has 0 fully saturated rings. The molecule has 27 heavy (non-hydrogen) atoms. The van der Waals surface area contributed by atoms with Crippen molar-refractivity contribution in [1.82, 2.24) is 9.13 Å². The third-order valence-electron chi connectivity index (χ3n) is 5.30. The summed E-state index contributed by atoms with van der Waals surface area (Å²) in [5.74, 6) is 2.52. The van der Waals surface area contributed by atoms with E-state index in [4.69, 9.17) is 0 Å². The van der Waals surface area contributed by atoms with Gasteiger partial charge >= 0.3 is 11.6 Å². The Morgan fingerprint density at radius 2 is 1.33 bits per heavy atom. The molecule has 0 saturated heterocycles. The lowest BCUT2D eigenvalue weighted by Crippen LogP contribution is -2.38. The van der Waals surface area contributed by atoms with Crippen molar-refractivity contribution in [2.45, 2.75) is 58.5 Å². The summed E-state index contributed by atoms with van der Waals surface area (Å²) in [5, 5.41) is 0. The van der Waals surface area contributed by atoms with Gasteiger partial charge in [-0.2, -0.15) is 0 Å². The normalized spacial score (nSPS) is 11.2. The summed E-state index contributed by atoms with van der Waals surface area (Å²) in [6.45, 7) is 4.24. The van der Waals surface area contributed by atoms with Crippen molar-refractivity contribution in [2.75, 3.05) is 0 Å². The molecule has 0 saturated carbocycles. The number of hydrogen-bond acceptors (Lipinski definition) is 0. The van der Waals surface area contributed by atoms with Gasteiger partial charge in [0.05, 0.1) is 20.6 Å². The minimum atomic E-state index is 0.888. The van der Waals surface area contributed by atoms with E-state index >= 15 is 0 Å². The number of nitrogens with zero attached hydrogens (tertiary/aromatic N) is 4. The molecule has 4 heteroatoms. The van der Waals surface area contributed by atoms with Crippen LogP contribution >= 0.6 is 0 Å². The molecule has 2 heterocycles. The first-order valence-corrected chi connectivity index (χ1v) is 10.3. The smallest absolute Gasteiger partial charge is 0.226 e. The zero-order chi connectivity index (χ0) is 19.1. The molecule has 144 valence electrons. The van der Waals surface area contributed by atoms with Crippen LogP contribution in [0.3, 0.4) is 0 Å². The Morgan fingerprint density at radius 1 is 0.741 bits per heavy atom. The van der Waals surface area contributed by atoms with Crippen LogP contribution in [0.25, 0.3) is 11.6 Å². The van der Waals surface area contributed by atoms with Crippen molar-refractivity contribution >= 4 is 0 Å². The van der Waals surface area contributed by atoms with Crippen molar-refractivity contribution in [3.05, 3.63) is 60.7 Å². The molecule has 0 amide bonds. The summed E-state index contributed by atoms with van der Waals surface area (Å²) >= 11 is 0. The van der Waals surface area contributed by atoms with Gasteiger partial charge in [0.2, 0.25) is 0 Å². The Bertz CT molecular complexity index is 829. The fourth-order valence-corrected chi connectivity index (χ4v) is 3.77. The number of rotatable bonds is 10. The van der Waals surface area contributed by atoms with Crippen molar-refractivity contribution in [1.29, 1.82) is 0 Å². The van der Waals surface area contributed by atoms with E-state index in [1.165, 1.54) is 55.7 Å². The number of aryl methyl sites for hydroxylation is 3. The van der Waals surface area contributed by atoms with Crippen LogP contribution in [-0.4, -0.2) is 9.13 Å². The summed E-state index contributed by atoms with van der Waals surface area (Å²) in [6.07, 6.45) is 16.7. The molecular weight excluding hydrogens is 332 g/mol. The van der Waals surface area contributed by atoms with E-state index < -0.39 is 0 Å². The van der Waals surface area contributed by atoms with Gasteiger partial charge < -0.3 is 0 Å². The molecule has 4 nitrogen and oxygen atoms in total. The predicted octanol–water partition coefficient (Wildman–Crippen LogP) is 4.01. The Kier molecular flexibility index (Phi) is 6.86. The zero-order valence-electron chi connectivity index (χ0n) is 17.1. The Hall–Kier alpha value is -2.36. The van der Waals surface area contributed by atoms with Gasteiger partial charge in [0, 0.05) is 0 Å². The predicted molar refractivity (Wildman–Crippen MR) is 109 cm³/mol. The van der Waals surface area contributed by atoms with Gasteiger partial charge in [-0.05, 0) is 18.4 Å². The van der Waals surface area contributed by atoms with E-state index in [1.807, 2.05) is 0 Å². The maximum Gasteiger partial charge on any atom is 0.373 e. The molecule has 3 aromatic rings. The maximum absolute atomic E-state index is 2.41. The monoisotopic (exact) mass is 366 g/mol. The quantitative estimate of drug-likeness (QED) is 0.381. The summed E-state index contributed by atoms with van der Waals surface area (Å²) in [5.41, 5.74) is 1.33. The highest BCUT2D eigenvalue weighted by Crippen LogP contribution is 2.16. The third-order valence-corrected chi connectivity index (χ3v) is 5.30. The van der Waals surface area contributed by atoms with E-state index in [1.54, 1.807) is 0 Å². The second-order valence-electron chi connectivity index (χ2n) is 7.54. The average molecular weight is 367 g/mol. The first-order chi connectivity index (χ1) is 13.2. The maximum atomic E-state index is 2.41. The van der Waals surface area contributed by atoms with Gasteiger partial charge in [-0.1, -0.05) is 62.9 Å². The molecule has 0 bridgehead atoms. The standard InChI is InChI=1S/C23H34N4/c1-4-5-6-7-8-12-15-26-18-16-24(2)22(26)23-25(3)17-19-27(23)20-21-13-10-9-11-14-21/h9-11,13-14,16-19H,4-8,12,15,20H2,1-3H3/q+2. The van der Waals surface area contributed by atoms with Crippen LogP contribution in [0.15, 0.2) is 55.1 Å². The molecular formula is C23H34N4+2. The molecule has 2 aromatic heterocycles. The molecule has 0 unspecified atom stereocenters. The molecule has 3 rings (SSSR count). The Balaban J connectivity index is 1.76. The van der Waals surface area contributed by atoms with E-state index in [2.05, 4.69) is 94.4 Å². The first-order valence-electron chi connectivity index (χ1n) is 10.3. The molecule has 1 aromatic carbocycles. The van der Waals surface area contributed by atoms with E-state index in [0.717, 1.165) is 13.1 Å². The van der Waals surface area contributed by atoms with Gasteiger partial charge in [0.1, 0.15) is 31.3 Å². The highest BCUT2D eigenvalue weighted by Gasteiger charge is 2.30. The molecule has 0 aliphatic carbocycles. The number of hydrogen-bond donors (Lipinski definition) is 0.